The summed E-state index contributed by atoms with van der Waals surface area (Å²) in [6.45, 7) is 0. The number of aromatic carboxylic acids is 1. The van der Waals surface area contributed by atoms with Crippen molar-refractivity contribution < 1.29 is 14.6 Å². The maximum atomic E-state index is 11.4. The molecule has 3 aromatic rings. The molecule has 0 saturated carbocycles. The summed E-state index contributed by atoms with van der Waals surface area (Å²) < 4.78 is 7.55. The first-order valence-electron chi connectivity index (χ1n) is 5.86. The fourth-order valence-electron chi connectivity index (χ4n) is 2.09. The molecule has 0 bridgehead atoms. The van der Waals surface area contributed by atoms with Crippen molar-refractivity contribution in [1.82, 2.24) is 19.5 Å². The van der Waals surface area contributed by atoms with E-state index in [2.05, 4.69) is 30.9 Å². The Morgan fingerprint density at radius 1 is 1.43 bits per heavy atom. The molecule has 8 heteroatoms. The van der Waals surface area contributed by atoms with Crippen LogP contribution in [0.5, 0.6) is 5.88 Å². The van der Waals surface area contributed by atoms with Gasteiger partial charge in [-0.15, -0.1) is 0 Å². The van der Waals surface area contributed by atoms with Crippen LogP contribution < -0.4 is 4.74 Å². The Kier molecular flexibility index (Phi) is 3.30. The minimum absolute atomic E-state index is 0.131. The molecule has 0 radical (unpaired) electrons. The molecule has 1 N–H and O–H groups in total. The Morgan fingerprint density at radius 2 is 2.24 bits per heavy atom. The van der Waals surface area contributed by atoms with Gasteiger partial charge in [0.25, 0.3) is 0 Å². The van der Waals surface area contributed by atoms with Gasteiger partial charge < -0.3 is 9.84 Å². The molecule has 3 aromatic heterocycles. The van der Waals surface area contributed by atoms with Crippen molar-refractivity contribution in [2.75, 3.05) is 7.11 Å². The van der Waals surface area contributed by atoms with Gasteiger partial charge in [-0.05, 0) is 22.0 Å². The van der Waals surface area contributed by atoms with Gasteiger partial charge in [-0.3, -0.25) is 9.55 Å². The number of nitrogens with zero attached hydrogens (tertiary/aromatic N) is 4. The number of methoxy groups -OCH3 is 1. The Bertz CT molecular complexity index is 847. The molecule has 0 fully saturated rings. The van der Waals surface area contributed by atoms with E-state index in [0.717, 1.165) is 0 Å². The van der Waals surface area contributed by atoms with E-state index in [1.807, 2.05) is 0 Å². The van der Waals surface area contributed by atoms with Crippen LogP contribution in [0.4, 0.5) is 0 Å². The number of halogens is 1. The van der Waals surface area contributed by atoms with Crippen molar-refractivity contribution in [3.05, 3.63) is 41.0 Å². The van der Waals surface area contributed by atoms with Gasteiger partial charge in [-0.1, -0.05) is 0 Å². The zero-order valence-corrected chi connectivity index (χ0v) is 12.4. The highest BCUT2D eigenvalue weighted by Crippen LogP contribution is 2.33. The lowest BCUT2D eigenvalue weighted by molar-refractivity contribution is 0.0697. The van der Waals surface area contributed by atoms with Crippen molar-refractivity contribution in [3.63, 3.8) is 0 Å². The quantitative estimate of drug-likeness (QED) is 0.780. The standard InChI is InChI=1S/C13H9BrN4O3/c1-21-12-10-8(14)5-18(11(10)16-6-17-12)9-4-15-3-2-7(9)13(19)20/h2-6H,1H3,(H,19,20). The molecule has 21 heavy (non-hydrogen) atoms. The Hall–Kier alpha value is -2.48. The highest BCUT2D eigenvalue weighted by molar-refractivity contribution is 9.10. The van der Waals surface area contributed by atoms with E-state index in [9.17, 15) is 9.90 Å². The van der Waals surface area contributed by atoms with E-state index in [1.165, 1.54) is 31.9 Å². The third-order valence-electron chi connectivity index (χ3n) is 2.99. The van der Waals surface area contributed by atoms with Crippen LogP contribution >= 0.6 is 15.9 Å². The van der Waals surface area contributed by atoms with Crippen LogP contribution in [0.25, 0.3) is 16.7 Å². The van der Waals surface area contributed by atoms with Gasteiger partial charge in [0.1, 0.15) is 6.33 Å². The predicted molar refractivity (Wildman–Crippen MR) is 77.9 cm³/mol. The van der Waals surface area contributed by atoms with Crippen molar-refractivity contribution in [1.29, 1.82) is 0 Å². The number of carboxylic acid groups (broad SMARTS) is 1. The lowest BCUT2D eigenvalue weighted by Gasteiger charge is -2.07. The zero-order chi connectivity index (χ0) is 15.0. The molecule has 3 heterocycles. The summed E-state index contributed by atoms with van der Waals surface area (Å²) >= 11 is 3.42. The molecule has 0 spiro atoms. The Balaban J connectivity index is 2.35. The molecule has 0 aliphatic rings. The van der Waals surface area contributed by atoms with E-state index in [0.29, 0.717) is 27.1 Å². The van der Waals surface area contributed by atoms with Gasteiger partial charge in [0.2, 0.25) is 5.88 Å². The summed E-state index contributed by atoms with van der Waals surface area (Å²) in [6, 6.07) is 1.44. The summed E-state index contributed by atoms with van der Waals surface area (Å²) in [4.78, 5) is 23.6. The smallest absolute Gasteiger partial charge is 0.337 e. The Morgan fingerprint density at radius 3 is 2.95 bits per heavy atom. The molecular formula is C13H9BrN4O3. The number of rotatable bonds is 3. The van der Waals surface area contributed by atoms with Crippen LogP contribution in [0.1, 0.15) is 10.4 Å². The number of hydrogen-bond acceptors (Lipinski definition) is 5. The molecule has 3 rings (SSSR count). The predicted octanol–water partition coefficient (Wildman–Crippen LogP) is 2.28. The lowest BCUT2D eigenvalue weighted by Crippen LogP contribution is -2.05. The molecule has 106 valence electrons. The summed E-state index contributed by atoms with van der Waals surface area (Å²) in [5.41, 5.74) is 1.08. The zero-order valence-electron chi connectivity index (χ0n) is 10.8. The van der Waals surface area contributed by atoms with Gasteiger partial charge in [-0.25, -0.2) is 14.8 Å². The number of carbonyl (C=O) groups is 1. The molecule has 0 saturated heterocycles. The maximum absolute atomic E-state index is 11.4. The minimum atomic E-state index is -1.04. The molecule has 0 aliphatic heterocycles. The average Bonchev–Trinajstić information content (AvgIpc) is 2.84. The molecule has 0 aliphatic carbocycles. The van der Waals surface area contributed by atoms with Crippen molar-refractivity contribution >= 4 is 32.9 Å². The van der Waals surface area contributed by atoms with Crippen LogP contribution in [-0.4, -0.2) is 37.7 Å². The second-order valence-corrected chi connectivity index (χ2v) is 4.98. The van der Waals surface area contributed by atoms with E-state index < -0.39 is 5.97 Å². The number of hydrogen-bond donors (Lipinski definition) is 1. The second-order valence-electron chi connectivity index (χ2n) is 4.13. The van der Waals surface area contributed by atoms with Crippen molar-refractivity contribution in [2.24, 2.45) is 0 Å². The molecule has 0 atom stereocenters. The normalized spacial score (nSPS) is 10.8. The monoisotopic (exact) mass is 348 g/mol. The number of carboxylic acids is 1. The second kappa shape index (κ2) is 5.13. The summed E-state index contributed by atoms with van der Waals surface area (Å²) in [5.74, 6) is -0.627. The van der Waals surface area contributed by atoms with Gasteiger partial charge in [0.15, 0.2) is 5.65 Å². The molecule has 7 nitrogen and oxygen atoms in total. The van der Waals surface area contributed by atoms with E-state index >= 15 is 0 Å². The first kappa shape index (κ1) is 13.5. The largest absolute Gasteiger partial charge is 0.480 e. The summed E-state index contributed by atoms with van der Waals surface area (Å²) in [7, 11) is 1.51. The van der Waals surface area contributed by atoms with Crippen LogP contribution in [0.2, 0.25) is 0 Å². The highest BCUT2D eigenvalue weighted by atomic mass is 79.9. The lowest BCUT2D eigenvalue weighted by atomic mass is 10.2. The van der Waals surface area contributed by atoms with E-state index in [1.54, 1.807) is 10.8 Å². The molecule has 0 aromatic carbocycles. The third-order valence-corrected chi connectivity index (χ3v) is 3.59. The molecular weight excluding hydrogens is 340 g/mol. The Labute approximate surface area is 127 Å². The van der Waals surface area contributed by atoms with Crippen LogP contribution in [0, 0.1) is 0 Å². The summed E-state index contributed by atoms with van der Waals surface area (Å²) in [5, 5.41) is 9.96. The first-order chi connectivity index (χ1) is 10.1. The molecule has 0 amide bonds. The topological polar surface area (TPSA) is 90.1 Å². The van der Waals surface area contributed by atoms with Crippen molar-refractivity contribution in [3.8, 4) is 11.6 Å². The van der Waals surface area contributed by atoms with Crippen LogP contribution in [-0.2, 0) is 0 Å². The number of pyridine rings is 1. The van der Waals surface area contributed by atoms with Gasteiger partial charge in [-0.2, -0.15) is 0 Å². The number of fused-ring (bicyclic) bond motifs is 1. The maximum Gasteiger partial charge on any atom is 0.337 e. The van der Waals surface area contributed by atoms with Crippen LogP contribution in [0.15, 0.2) is 35.5 Å². The third kappa shape index (κ3) is 2.13. The van der Waals surface area contributed by atoms with Gasteiger partial charge in [0.05, 0.1) is 34.4 Å². The minimum Gasteiger partial charge on any atom is -0.480 e. The SMILES string of the molecule is COc1ncnc2c1c(Br)cn2-c1cnccc1C(=O)O. The fraction of sp³-hybridized carbons (Fsp3) is 0.0769. The van der Waals surface area contributed by atoms with E-state index in [-0.39, 0.29) is 5.56 Å². The van der Waals surface area contributed by atoms with E-state index in [4.69, 9.17) is 4.74 Å². The van der Waals surface area contributed by atoms with Crippen LogP contribution in [0.3, 0.4) is 0 Å². The van der Waals surface area contributed by atoms with Crippen molar-refractivity contribution in [2.45, 2.75) is 0 Å². The number of ether oxygens (including phenoxy) is 1. The summed E-state index contributed by atoms with van der Waals surface area (Å²) in [6.07, 6.45) is 5.99. The van der Waals surface area contributed by atoms with Gasteiger partial charge in [0, 0.05) is 12.4 Å². The average molecular weight is 349 g/mol. The van der Waals surface area contributed by atoms with Gasteiger partial charge >= 0.3 is 5.97 Å². The molecule has 0 unspecified atom stereocenters. The first-order valence-corrected chi connectivity index (χ1v) is 6.66. The number of aromatic nitrogens is 4. The fourth-order valence-corrected chi connectivity index (χ4v) is 2.64. The highest BCUT2D eigenvalue weighted by Gasteiger charge is 2.18.